The molecule has 0 spiro atoms. The zero-order chi connectivity index (χ0) is 16.4. The van der Waals surface area contributed by atoms with E-state index in [1.54, 1.807) is 11.8 Å². The number of urea groups is 1. The van der Waals surface area contributed by atoms with E-state index in [2.05, 4.69) is 10.6 Å². The summed E-state index contributed by atoms with van der Waals surface area (Å²) in [4.78, 5) is 23.4. The number of esters is 1. The summed E-state index contributed by atoms with van der Waals surface area (Å²) in [7, 11) is 1.31. The first-order valence-electron chi connectivity index (χ1n) is 6.92. The van der Waals surface area contributed by atoms with Crippen LogP contribution in [0.15, 0.2) is 24.3 Å². The zero-order valence-corrected chi connectivity index (χ0v) is 14.3. The number of ether oxygens (including phenoxy) is 1. The molecule has 0 fully saturated rings. The van der Waals surface area contributed by atoms with Gasteiger partial charge in [-0.05, 0) is 42.5 Å². The van der Waals surface area contributed by atoms with Gasteiger partial charge in [0, 0.05) is 11.6 Å². The van der Waals surface area contributed by atoms with Crippen LogP contribution in [0, 0.1) is 0 Å². The van der Waals surface area contributed by atoms with Gasteiger partial charge in [0.25, 0.3) is 0 Å². The molecule has 2 amide bonds. The molecular weight excluding hydrogens is 324 g/mol. The topological polar surface area (TPSA) is 67.4 Å². The number of carbonyl (C=O) groups excluding carboxylic acids is 2. The first-order chi connectivity index (χ1) is 10.6. The Balaban J connectivity index is 2.36. The van der Waals surface area contributed by atoms with Crippen LogP contribution in [0.3, 0.4) is 0 Å². The number of nitrogens with one attached hydrogen (secondary N) is 2. The van der Waals surface area contributed by atoms with Crippen molar-refractivity contribution >= 4 is 35.4 Å². The molecule has 1 aromatic rings. The van der Waals surface area contributed by atoms with E-state index in [0.717, 1.165) is 11.3 Å². The van der Waals surface area contributed by atoms with Crippen LogP contribution in [0.5, 0.6) is 0 Å². The SMILES string of the molecule is COC(=O)C(CCSC)NC(=O)NCCc1ccc(Cl)cc1. The highest BCUT2D eigenvalue weighted by Gasteiger charge is 2.20. The van der Waals surface area contributed by atoms with Gasteiger partial charge in [-0.3, -0.25) is 0 Å². The lowest BCUT2D eigenvalue weighted by Crippen LogP contribution is -2.47. The summed E-state index contributed by atoms with van der Waals surface area (Å²) in [5.74, 6) is 0.340. The molecule has 1 atom stereocenters. The fourth-order valence-corrected chi connectivity index (χ4v) is 2.41. The molecule has 0 bridgehead atoms. The number of halogens is 1. The smallest absolute Gasteiger partial charge is 0.328 e. The van der Waals surface area contributed by atoms with Crippen molar-refractivity contribution in [3.05, 3.63) is 34.9 Å². The molecule has 0 radical (unpaired) electrons. The molecule has 0 heterocycles. The van der Waals surface area contributed by atoms with Crippen molar-refractivity contribution in [1.29, 1.82) is 0 Å². The highest BCUT2D eigenvalue weighted by atomic mass is 35.5. The Labute approximate surface area is 140 Å². The third kappa shape index (κ3) is 7.04. The number of hydrogen-bond donors (Lipinski definition) is 2. The highest BCUT2D eigenvalue weighted by molar-refractivity contribution is 7.98. The third-order valence-corrected chi connectivity index (χ3v) is 3.91. The molecule has 0 saturated heterocycles. The van der Waals surface area contributed by atoms with E-state index in [9.17, 15) is 9.59 Å². The van der Waals surface area contributed by atoms with Crippen molar-refractivity contribution in [2.45, 2.75) is 18.9 Å². The van der Waals surface area contributed by atoms with E-state index in [1.807, 2.05) is 30.5 Å². The highest BCUT2D eigenvalue weighted by Crippen LogP contribution is 2.09. The predicted molar refractivity (Wildman–Crippen MR) is 90.5 cm³/mol. The molecule has 7 heteroatoms. The van der Waals surface area contributed by atoms with Crippen LogP contribution in [-0.4, -0.2) is 43.7 Å². The quantitative estimate of drug-likeness (QED) is 0.711. The molecule has 1 rings (SSSR count). The predicted octanol–water partition coefficient (Wildman–Crippen LogP) is 2.48. The average molecular weight is 345 g/mol. The molecule has 0 aliphatic rings. The molecular formula is C15H21ClN2O3S. The molecule has 5 nitrogen and oxygen atoms in total. The maximum Gasteiger partial charge on any atom is 0.328 e. The summed E-state index contributed by atoms with van der Waals surface area (Å²) in [5.41, 5.74) is 1.08. The van der Waals surface area contributed by atoms with Gasteiger partial charge >= 0.3 is 12.0 Å². The maximum absolute atomic E-state index is 11.8. The number of carbonyl (C=O) groups is 2. The lowest BCUT2D eigenvalue weighted by Gasteiger charge is -2.16. The summed E-state index contributed by atoms with van der Waals surface area (Å²) in [5, 5.41) is 6.06. The van der Waals surface area contributed by atoms with Gasteiger partial charge < -0.3 is 15.4 Å². The number of hydrogen-bond acceptors (Lipinski definition) is 4. The first kappa shape index (κ1) is 18.6. The van der Waals surface area contributed by atoms with Gasteiger partial charge in [-0.25, -0.2) is 9.59 Å². The number of rotatable bonds is 8. The van der Waals surface area contributed by atoms with E-state index in [0.29, 0.717) is 24.4 Å². The monoisotopic (exact) mass is 344 g/mol. The molecule has 0 aliphatic heterocycles. The molecule has 22 heavy (non-hydrogen) atoms. The van der Waals surface area contributed by atoms with Crippen molar-refractivity contribution in [2.24, 2.45) is 0 Å². The van der Waals surface area contributed by atoms with Crippen molar-refractivity contribution < 1.29 is 14.3 Å². The van der Waals surface area contributed by atoms with E-state index in [4.69, 9.17) is 16.3 Å². The standard InChI is InChI=1S/C15H21ClN2O3S/c1-21-14(19)13(8-10-22-2)18-15(20)17-9-7-11-3-5-12(16)6-4-11/h3-6,13H,7-10H2,1-2H3,(H2,17,18,20). The molecule has 122 valence electrons. The lowest BCUT2D eigenvalue weighted by molar-refractivity contribution is -0.142. The van der Waals surface area contributed by atoms with Crippen molar-refractivity contribution in [3.8, 4) is 0 Å². The number of benzene rings is 1. The van der Waals surface area contributed by atoms with Gasteiger partial charge in [-0.15, -0.1) is 0 Å². The van der Waals surface area contributed by atoms with E-state index >= 15 is 0 Å². The van der Waals surface area contributed by atoms with Crippen LogP contribution in [0.25, 0.3) is 0 Å². The maximum atomic E-state index is 11.8. The lowest BCUT2D eigenvalue weighted by atomic mass is 10.1. The van der Waals surface area contributed by atoms with Crippen molar-refractivity contribution in [1.82, 2.24) is 10.6 Å². The second kappa shape index (κ2) is 10.3. The third-order valence-electron chi connectivity index (χ3n) is 3.01. The Morgan fingerprint density at radius 3 is 2.59 bits per heavy atom. The normalized spacial score (nSPS) is 11.6. The Morgan fingerprint density at radius 1 is 1.32 bits per heavy atom. The summed E-state index contributed by atoms with van der Waals surface area (Å²) in [6.45, 7) is 0.476. The van der Waals surface area contributed by atoms with Gasteiger partial charge in [-0.1, -0.05) is 23.7 Å². The average Bonchev–Trinajstić information content (AvgIpc) is 2.52. The van der Waals surface area contributed by atoms with E-state index in [1.165, 1.54) is 7.11 Å². The summed E-state index contributed by atoms with van der Waals surface area (Å²) in [6, 6.07) is 6.47. The van der Waals surface area contributed by atoms with Crippen molar-refractivity contribution in [3.63, 3.8) is 0 Å². The number of methoxy groups -OCH3 is 1. The Morgan fingerprint density at radius 2 is 2.00 bits per heavy atom. The Bertz CT molecular complexity index is 482. The summed E-state index contributed by atoms with van der Waals surface area (Å²) >= 11 is 7.42. The van der Waals surface area contributed by atoms with Gasteiger partial charge in [0.05, 0.1) is 7.11 Å². The van der Waals surface area contributed by atoms with Crippen LogP contribution < -0.4 is 10.6 Å². The summed E-state index contributed by atoms with van der Waals surface area (Å²) in [6.07, 6.45) is 3.18. The van der Waals surface area contributed by atoms with Crippen LogP contribution in [0.4, 0.5) is 4.79 Å². The molecule has 0 saturated carbocycles. The largest absolute Gasteiger partial charge is 0.467 e. The van der Waals surface area contributed by atoms with E-state index in [-0.39, 0.29) is 6.03 Å². The summed E-state index contributed by atoms with van der Waals surface area (Å²) < 4.78 is 4.69. The van der Waals surface area contributed by atoms with Crippen LogP contribution in [-0.2, 0) is 16.0 Å². The van der Waals surface area contributed by atoms with E-state index < -0.39 is 12.0 Å². The minimum absolute atomic E-state index is 0.370. The van der Waals surface area contributed by atoms with Gasteiger partial charge in [0.1, 0.15) is 6.04 Å². The minimum atomic E-state index is -0.618. The van der Waals surface area contributed by atoms with Gasteiger partial charge in [0.15, 0.2) is 0 Å². The number of amides is 2. The molecule has 0 aromatic heterocycles. The number of thioether (sulfide) groups is 1. The van der Waals surface area contributed by atoms with Crippen LogP contribution in [0.1, 0.15) is 12.0 Å². The van der Waals surface area contributed by atoms with Crippen LogP contribution in [0.2, 0.25) is 5.02 Å². The Hall–Kier alpha value is -1.40. The minimum Gasteiger partial charge on any atom is -0.467 e. The van der Waals surface area contributed by atoms with Gasteiger partial charge in [-0.2, -0.15) is 11.8 Å². The fourth-order valence-electron chi connectivity index (χ4n) is 1.81. The van der Waals surface area contributed by atoms with Crippen LogP contribution >= 0.6 is 23.4 Å². The molecule has 1 aromatic carbocycles. The zero-order valence-electron chi connectivity index (χ0n) is 12.7. The molecule has 2 N–H and O–H groups in total. The fraction of sp³-hybridized carbons (Fsp3) is 0.467. The Kier molecular flexibility index (Phi) is 8.77. The van der Waals surface area contributed by atoms with Gasteiger partial charge in [0.2, 0.25) is 0 Å². The molecule has 0 aliphatic carbocycles. The second-order valence-electron chi connectivity index (χ2n) is 4.63. The molecule has 1 unspecified atom stereocenters. The van der Waals surface area contributed by atoms with Crippen molar-refractivity contribution in [2.75, 3.05) is 25.7 Å². The first-order valence-corrected chi connectivity index (χ1v) is 8.69. The second-order valence-corrected chi connectivity index (χ2v) is 6.06.